The zero-order valence-electron chi connectivity index (χ0n) is 14.2. The molecule has 23 heavy (non-hydrogen) atoms. The van der Waals surface area contributed by atoms with Gasteiger partial charge in [0.15, 0.2) is 0 Å². The third-order valence-corrected chi connectivity index (χ3v) is 4.48. The van der Waals surface area contributed by atoms with Crippen LogP contribution < -0.4 is 0 Å². The highest BCUT2D eigenvalue weighted by Crippen LogP contribution is 2.33. The van der Waals surface area contributed by atoms with E-state index >= 15 is 0 Å². The molecule has 0 aliphatic carbocycles. The minimum Gasteiger partial charge on any atom is -0.462 e. The number of fused-ring (bicyclic) bond motifs is 1. The van der Waals surface area contributed by atoms with Gasteiger partial charge in [-0.15, -0.1) is 0 Å². The van der Waals surface area contributed by atoms with Crippen LogP contribution in [0.5, 0.6) is 0 Å². The monoisotopic (exact) mass is 311 g/mol. The molecule has 0 spiro atoms. The van der Waals surface area contributed by atoms with Crippen molar-refractivity contribution in [3.05, 3.63) is 47.7 Å². The molecule has 2 aromatic rings. The molecule has 0 N–H and O–H groups in total. The Morgan fingerprint density at radius 2 is 1.87 bits per heavy atom. The summed E-state index contributed by atoms with van der Waals surface area (Å²) in [6.45, 7) is 6.88. The Hall–Kier alpha value is -2.03. The average molecular weight is 311 g/mol. The van der Waals surface area contributed by atoms with Gasteiger partial charge in [-0.2, -0.15) is 0 Å². The number of aromatic nitrogens is 1. The fourth-order valence-corrected chi connectivity index (χ4v) is 3.33. The van der Waals surface area contributed by atoms with E-state index in [0.29, 0.717) is 0 Å². The van der Waals surface area contributed by atoms with E-state index in [1.165, 1.54) is 16.8 Å². The summed E-state index contributed by atoms with van der Waals surface area (Å²) >= 11 is 0. The Kier molecular flexibility index (Phi) is 4.56. The van der Waals surface area contributed by atoms with E-state index in [9.17, 15) is 4.79 Å². The summed E-state index contributed by atoms with van der Waals surface area (Å²) in [7, 11) is 0. The largest absolute Gasteiger partial charge is 0.462 e. The van der Waals surface area contributed by atoms with Crippen LogP contribution in [0.2, 0.25) is 0 Å². The van der Waals surface area contributed by atoms with Crippen LogP contribution in [0.15, 0.2) is 36.4 Å². The summed E-state index contributed by atoms with van der Waals surface area (Å²) < 4.78 is 7.79. The highest BCUT2D eigenvalue weighted by atomic mass is 16.5. The summed E-state index contributed by atoms with van der Waals surface area (Å²) in [6.07, 6.45) is 2.98. The molecule has 1 atom stereocenters. The Bertz CT molecular complexity index is 682. The van der Waals surface area contributed by atoms with Crippen molar-refractivity contribution in [3.63, 3.8) is 0 Å². The van der Waals surface area contributed by atoms with E-state index in [4.69, 9.17) is 4.74 Å². The molecule has 3 heteroatoms. The van der Waals surface area contributed by atoms with Crippen molar-refractivity contribution in [2.45, 2.75) is 58.6 Å². The Morgan fingerprint density at radius 1 is 1.13 bits per heavy atom. The van der Waals surface area contributed by atoms with Crippen LogP contribution in [0.3, 0.4) is 0 Å². The van der Waals surface area contributed by atoms with Crippen LogP contribution in [0.25, 0.3) is 11.3 Å². The number of aryl methyl sites for hydroxylation is 1. The van der Waals surface area contributed by atoms with Gasteiger partial charge in [0, 0.05) is 17.9 Å². The van der Waals surface area contributed by atoms with Crippen molar-refractivity contribution in [1.29, 1.82) is 0 Å². The first-order valence-electron chi connectivity index (χ1n) is 8.53. The molecule has 0 amide bonds. The quantitative estimate of drug-likeness (QED) is 0.770. The van der Waals surface area contributed by atoms with Crippen LogP contribution in [0.4, 0.5) is 0 Å². The van der Waals surface area contributed by atoms with Gasteiger partial charge in [0.2, 0.25) is 0 Å². The lowest BCUT2D eigenvalue weighted by Crippen LogP contribution is -2.21. The zero-order chi connectivity index (χ0) is 16.4. The van der Waals surface area contributed by atoms with E-state index < -0.39 is 0 Å². The molecule has 1 aliphatic heterocycles. The van der Waals surface area contributed by atoms with Crippen molar-refractivity contribution in [2.75, 3.05) is 0 Å². The van der Waals surface area contributed by atoms with Crippen molar-refractivity contribution < 1.29 is 9.53 Å². The molecule has 1 unspecified atom stereocenters. The minimum atomic E-state index is -0.140. The zero-order valence-corrected chi connectivity index (χ0v) is 14.2. The van der Waals surface area contributed by atoms with Crippen LogP contribution in [-0.2, 0) is 16.1 Å². The van der Waals surface area contributed by atoms with Gasteiger partial charge in [0.05, 0.1) is 12.0 Å². The molecule has 1 aromatic carbocycles. The SMILES string of the molecule is Cc1ccc(-c2ccc3n2CCCCC3C(=O)OC(C)C)cc1. The molecular formula is C20H25NO2. The molecule has 0 fully saturated rings. The number of ether oxygens (including phenoxy) is 1. The van der Waals surface area contributed by atoms with Crippen LogP contribution >= 0.6 is 0 Å². The van der Waals surface area contributed by atoms with E-state index in [1.807, 2.05) is 13.8 Å². The van der Waals surface area contributed by atoms with Gasteiger partial charge in [-0.25, -0.2) is 0 Å². The lowest BCUT2D eigenvalue weighted by atomic mass is 10.00. The molecule has 0 saturated heterocycles. The van der Waals surface area contributed by atoms with E-state index in [-0.39, 0.29) is 18.0 Å². The summed E-state index contributed by atoms with van der Waals surface area (Å²) in [5.41, 5.74) is 4.77. The van der Waals surface area contributed by atoms with Gasteiger partial charge in [0.1, 0.15) is 0 Å². The van der Waals surface area contributed by atoms with Crippen molar-refractivity contribution >= 4 is 5.97 Å². The smallest absolute Gasteiger partial charge is 0.315 e. The highest BCUT2D eigenvalue weighted by Gasteiger charge is 2.28. The molecular weight excluding hydrogens is 286 g/mol. The summed E-state index contributed by atoms with van der Waals surface area (Å²) in [6, 6.07) is 12.8. The maximum Gasteiger partial charge on any atom is 0.315 e. The molecule has 3 nitrogen and oxygen atoms in total. The van der Waals surface area contributed by atoms with Gasteiger partial charge in [-0.3, -0.25) is 4.79 Å². The highest BCUT2D eigenvalue weighted by molar-refractivity contribution is 5.78. The Labute approximate surface area is 138 Å². The molecule has 122 valence electrons. The van der Waals surface area contributed by atoms with Crippen molar-refractivity contribution in [2.24, 2.45) is 0 Å². The lowest BCUT2D eigenvalue weighted by molar-refractivity contribution is -0.149. The number of carbonyl (C=O) groups excluding carboxylic acids is 1. The topological polar surface area (TPSA) is 31.2 Å². The first-order valence-corrected chi connectivity index (χ1v) is 8.53. The number of esters is 1. The average Bonchev–Trinajstić information content (AvgIpc) is 2.79. The maximum atomic E-state index is 12.5. The van der Waals surface area contributed by atoms with Crippen LogP contribution in [0, 0.1) is 6.92 Å². The molecule has 0 bridgehead atoms. The number of hydrogen-bond acceptors (Lipinski definition) is 2. The number of benzene rings is 1. The fourth-order valence-electron chi connectivity index (χ4n) is 3.33. The first-order chi connectivity index (χ1) is 11.1. The fraction of sp³-hybridized carbons (Fsp3) is 0.450. The standard InChI is InChI=1S/C20H25NO2/c1-14(2)23-20(22)17-6-4-5-13-21-18(11-12-19(17)21)16-9-7-15(3)8-10-16/h7-12,14,17H,4-6,13H2,1-3H3. The molecule has 0 radical (unpaired) electrons. The lowest BCUT2D eigenvalue weighted by Gasteiger charge is -2.18. The maximum absolute atomic E-state index is 12.5. The predicted molar refractivity (Wildman–Crippen MR) is 92.4 cm³/mol. The molecule has 0 saturated carbocycles. The second-order valence-corrected chi connectivity index (χ2v) is 6.70. The molecule has 3 rings (SSSR count). The van der Waals surface area contributed by atoms with Gasteiger partial charge >= 0.3 is 5.97 Å². The Morgan fingerprint density at radius 3 is 2.57 bits per heavy atom. The van der Waals surface area contributed by atoms with Crippen molar-refractivity contribution in [3.8, 4) is 11.3 Å². The van der Waals surface area contributed by atoms with Crippen LogP contribution in [-0.4, -0.2) is 16.6 Å². The first kappa shape index (κ1) is 15.9. The van der Waals surface area contributed by atoms with Crippen LogP contribution in [0.1, 0.15) is 50.3 Å². The van der Waals surface area contributed by atoms with E-state index in [1.54, 1.807) is 0 Å². The van der Waals surface area contributed by atoms with Gasteiger partial charge in [0.25, 0.3) is 0 Å². The third kappa shape index (κ3) is 3.34. The number of hydrogen-bond donors (Lipinski definition) is 0. The number of carbonyl (C=O) groups is 1. The summed E-state index contributed by atoms with van der Waals surface area (Å²) in [5, 5.41) is 0. The summed E-state index contributed by atoms with van der Waals surface area (Å²) in [4.78, 5) is 12.5. The van der Waals surface area contributed by atoms with Gasteiger partial charge in [-0.05, 0) is 51.3 Å². The van der Waals surface area contributed by atoms with Gasteiger partial charge < -0.3 is 9.30 Å². The normalized spacial score (nSPS) is 17.7. The predicted octanol–water partition coefficient (Wildman–Crippen LogP) is 4.68. The number of rotatable bonds is 3. The van der Waals surface area contributed by atoms with Gasteiger partial charge in [-0.1, -0.05) is 36.2 Å². The minimum absolute atomic E-state index is 0.0641. The molecule has 2 heterocycles. The van der Waals surface area contributed by atoms with E-state index in [0.717, 1.165) is 31.5 Å². The third-order valence-electron chi connectivity index (χ3n) is 4.48. The second kappa shape index (κ2) is 6.61. The van der Waals surface area contributed by atoms with Crippen molar-refractivity contribution in [1.82, 2.24) is 4.57 Å². The molecule has 1 aromatic heterocycles. The van der Waals surface area contributed by atoms with E-state index in [2.05, 4.69) is 47.9 Å². The Balaban J connectivity index is 1.97. The second-order valence-electron chi connectivity index (χ2n) is 6.70. The number of nitrogens with zero attached hydrogens (tertiary/aromatic N) is 1. The summed E-state index contributed by atoms with van der Waals surface area (Å²) in [5.74, 6) is -0.226. The molecule has 1 aliphatic rings.